The molecule has 36 heavy (non-hydrogen) atoms. The van der Waals surface area contributed by atoms with Crippen LogP contribution >= 0.6 is 0 Å². The predicted molar refractivity (Wildman–Crippen MR) is 137 cm³/mol. The van der Waals surface area contributed by atoms with Crippen molar-refractivity contribution in [2.75, 3.05) is 41.8 Å². The first-order valence-electron chi connectivity index (χ1n) is 11.5. The topological polar surface area (TPSA) is 105 Å². The van der Waals surface area contributed by atoms with Crippen LogP contribution in [0.1, 0.15) is 6.92 Å². The predicted octanol–water partition coefficient (Wildman–Crippen LogP) is 4.48. The molecule has 0 bridgehead atoms. The van der Waals surface area contributed by atoms with Gasteiger partial charge < -0.3 is 20.3 Å². The number of hydrogen-bond acceptors (Lipinski definition) is 8. The van der Waals surface area contributed by atoms with E-state index in [0.29, 0.717) is 36.1 Å². The summed E-state index contributed by atoms with van der Waals surface area (Å²) in [7, 11) is 0. The molecule has 2 N–H and O–H groups in total. The summed E-state index contributed by atoms with van der Waals surface area (Å²) in [6.07, 6.45) is 5.97. The monoisotopic (exact) mass is 485 g/mol. The van der Waals surface area contributed by atoms with Gasteiger partial charge in [0, 0.05) is 48.2 Å². The highest BCUT2D eigenvalue weighted by Crippen LogP contribution is 2.28. The third-order valence-corrected chi connectivity index (χ3v) is 5.58. The number of ether oxygens (including phenoxy) is 1. The molecule has 1 saturated heterocycles. The zero-order chi connectivity index (χ0) is 24.9. The highest BCUT2D eigenvalue weighted by atomic mass is 19.1. The summed E-state index contributed by atoms with van der Waals surface area (Å²) < 4.78 is 18.4. The van der Waals surface area contributed by atoms with E-state index in [0.717, 1.165) is 41.6 Å². The lowest BCUT2D eigenvalue weighted by Crippen LogP contribution is -2.36. The van der Waals surface area contributed by atoms with Crippen LogP contribution in [-0.4, -0.2) is 52.1 Å². The average Bonchev–Trinajstić information content (AvgIpc) is 2.89. The molecule has 4 aromatic rings. The van der Waals surface area contributed by atoms with Crippen LogP contribution < -0.4 is 15.5 Å². The number of nitrogens with zero attached hydrogens (tertiary/aromatic N) is 5. The molecule has 0 atom stereocenters. The van der Waals surface area contributed by atoms with Crippen LogP contribution in [0.5, 0.6) is 0 Å². The number of halogens is 1. The van der Waals surface area contributed by atoms with E-state index in [2.05, 4.69) is 30.5 Å². The highest BCUT2D eigenvalue weighted by Gasteiger charge is 2.13. The molecular formula is C26H24FN7O2. The number of benzene rings is 1. The van der Waals surface area contributed by atoms with Gasteiger partial charge in [0.15, 0.2) is 0 Å². The van der Waals surface area contributed by atoms with Gasteiger partial charge in [-0.15, -0.1) is 0 Å². The van der Waals surface area contributed by atoms with Crippen molar-refractivity contribution in [1.29, 1.82) is 0 Å². The van der Waals surface area contributed by atoms with Crippen molar-refractivity contribution >= 4 is 40.0 Å². The summed E-state index contributed by atoms with van der Waals surface area (Å²) in [5.74, 6) is 0.204. The van der Waals surface area contributed by atoms with Gasteiger partial charge in [-0.2, -0.15) is 0 Å². The van der Waals surface area contributed by atoms with E-state index in [4.69, 9.17) is 9.72 Å². The summed E-state index contributed by atoms with van der Waals surface area (Å²) in [6, 6.07) is 13.0. The summed E-state index contributed by atoms with van der Waals surface area (Å²) >= 11 is 0. The minimum absolute atomic E-state index is 0.420. The number of aromatic nitrogens is 4. The second-order valence-corrected chi connectivity index (χ2v) is 8.22. The normalized spacial score (nSPS) is 14.1. The van der Waals surface area contributed by atoms with Crippen LogP contribution in [0.3, 0.4) is 0 Å². The van der Waals surface area contributed by atoms with E-state index < -0.39 is 11.7 Å². The molecule has 1 aliphatic heterocycles. The van der Waals surface area contributed by atoms with Gasteiger partial charge in [0.25, 0.3) is 5.91 Å². The number of anilines is 4. The molecule has 0 saturated carbocycles. The average molecular weight is 486 g/mol. The standard InChI is InChI=1S/C26H24FN7O2/c1-17(27)13-24(35)31-19-7-8-28-22(14-19)21-4-2-3-18-15-30-26(33-25(18)21)32-20-5-6-23(29-16-20)34-9-11-36-12-10-34/h2-8,13-16H,9-12H2,1H3,(H,28,31,35)(H,30,32,33)/b17-13+. The number of allylic oxidation sites excluding steroid dienone is 1. The van der Waals surface area contributed by atoms with Crippen molar-refractivity contribution < 1.29 is 13.9 Å². The van der Waals surface area contributed by atoms with Crippen molar-refractivity contribution in [2.45, 2.75) is 6.92 Å². The van der Waals surface area contributed by atoms with Gasteiger partial charge in [0.1, 0.15) is 11.6 Å². The Labute approximate surface area is 207 Å². The van der Waals surface area contributed by atoms with Crippen LogP contribution in [0.15, 0.2) is 73.0 Å². The number of pyridine rings is 2. The fourth-order valence-corrected chi connectivity index (χ4v) is 3.91. The van der Waals surface area contributed by atoms with Gasteiger partial charge in [0.2, 0.25) is 5.95 Å². The van der Waals surface area contributed by atoms with Crippen molar-refractivity contribution in [3.8, 4) is 11.3 Å². The van der Waals surface area contributed by atoms with Crippen LogP contribution in [-0.2, 0) is 9.53 Å². The van der Waals surface area contributed by atoms with Crippen molar-refractivity contribution in [2.24, 2.45) is 0 Å². The lowest BCUT2D eigenvalue weighted by molar-refractivity contribution is -0.112. The quantitative estimate of drug-likeness (QED) is 0.385. The summed E-state index contributed by atoms with van der Waals surface area (Å²) in [5.41, 5.74) is 3.34. The first kappa shape index (κ1) is 23.3. The molecule has 0 radical (unpaired) electrons. The molecule has 5 rings (SSSR count). The largest absolute Gasteiger partial charge is 0.378 e. The van der Waals surface area contributed by atoms with Crippen molar-refractivity contribution in [1.82, 2.24) is 19.9 Å². The molecule has 10 heteroatoms. The number of rotatable bonds is 6. The molecule has 0 spiro atoms. The first-order valence-corrected chi connectivity index (χ1v) is 11.5. The fraction of sp³-hybridized carbons (Fsp3) is 0.192. The molecule has 4 heterocycles. The van der Waals surface area contributed by atoms with E-state index in [1.54, 1.807) is 30.7 Å². The molecule has 0 aliphatic carbocycles. The number of morpholine rings is 1. The van der Waals surface area contributed by atoms with Gasteiger partial charge in [-0.1, -0.05) is 18.2 Å². The Bertz CT molecular complexity index is 1420. The summed E-state index contributed by atoms with van der Waals surface area (Å²) in [6.45, 7) is 4.26. The number of para-hydroxylation sites is 1. The Morgan fingerprint density at radius 2 is 1.92 bits per heavy atom. The molecule has 182 valence electrons. The first-order chi connectivity index (χ1) is 17.5. The van der Waals surface area contributed by atoms with E-state index in [1.165, 1.54) is 6.92 Å². The smallest absolute Gasteiger partial charge is 0.250 e. The van der Waals surface area contributed by atoms with Crippen molar-refractivity contribution in [3.05, 3.63) is 73.0 Å². The molecule has 1 aliphatic rings. The third-order valence-electron chi connectivity index (χ3n) is 5.58. The van der Waals surface area contributed by atoms with Crippen LogP contribution in [0.4, 0.5) is 27.5 Å². The number of amides is 1. The van der Waals surface area contributed by atoms with Crippen molar-refractivity contribution in [3.63, 3.8) is 0 Å². The maximum Gasteiger partial charge on any atom is 0.250 e. The molecular weight excluding hydrogens is 461 g/mol. The third kappa shape index (κ3) is 5.44. The van der Waals surface area contributed by atoms with Gasteiger partial charge in [-0.25, -0.2) is 19.3 Å². The van der Waals surface area contributed by atoms with E-state index in [-0.39, 0.29) is 0 Å². The zero-order valence-electron chi connectivity index (χ0n) is 19.6. The molecule has 3 aromatic heterocycles. The zero-order valence-corrected chi connectivity index (χ0v) is 19.6. The highest BCUT2D eigenvalue weighted by molar-refractivity contribution is 6.00. The molecule has 1 aromatic carbocycles. The Balaban J connectivity index is 1.39. The van der Waals surface area contributed by atoms with Gasteiger partial charge >= 0.3 is 0 Å². The van der Waals surface area contributed by atoms with Crippen LogP contribution in [0, 0.1) is 0 Å². The second kappa shape index (κ2) is 10.4. The van der Waals surface area contributed by atoms with Gasteiger partial charge in [-0.3, -0.25) is 9.78 Å². The molecule has 1 amide bonds. The Morgan fingerprint density at radius 3 is 2.69 bits per heavy atom. The number of hydrogen-bond donors (Lipinski definition) is 2. The maximum absolute atomic E-state index is 13.0. The van der Waals surface area contributed by atoms with E-state index in [1.807, 2.05) is 30.3 Å². The van der Waals surface area contributed by atoms with E-state index in [9.17, 15) is 9.18 Å². The second-order valence-electron chi connectivity index (χ2n) is 8.22. The summed E-state index contributed by atoms with van der Waals surface area (Å²) in [5, 5.41) is 6.70. The number of carbonyl (C=O) groups excluding carboxylic acids is 1. The Morgan fingerprint density at radius 1 is 1.06 bits per heavy atom. The Hall–Kier alpha value is -4.44. The molecule has 1 fully saturated rings. The SMILES string of the molecule is C/C(F)=C\C(=O)Nc1ccnc(-c2cccc3cnc(Nc4ccc(N5CCOCC5)nc4)nc23)c1. The van der Waals surface area contributed by atoms with Crippen LogP contribution in [0.2, 0.25) is 0 Å². The van der Waals surface area contributed by atoms with Gasteiger partial charge in [-0.05, 0) is 31.2 Å². The maximum atomic E-state index is 13.0. The number of fused-ring (bicyclic) bond motifs is 1. The van der Waals surface area contributed by atoms with E-state index >= 15 is 0 Å². The number of nitrogens with one attached hydrogen (secondary N) is 2. The number of carbonyl (C=O) groups is 1. The lowest BCUT2D eigenvalue weighted by Gasteiger charge is -2.27. The Kier molecular flexibility index (Phi) is 6.76. The summed E-state index contributed by atoms with van der Waals surface area (Å²) in [4.78, 5) is 32.3. The van der Waals surface area contributed by atoms with Gasteiger partial charge in [0.05, 0.1) is 36.3 Å². The fourth-order valence-electron chi connectivity index (χ4n) is 3.91. The minimum Gasteiger partial charge on any atom is -0.378 e. The molecule has 9 nitrogen and oxygen atoms in total. The van der Waals surface area contributed by atoms with Crippen LogP contribution in [0.25, 0.3) is 22.2 Å². The lowest BCUT2D eigenvalue weighted by atomic mass is 10.1. The molecule has 0 unspecified atom stereocenters. The minimum atomic E-state index is -0.571.